The highest BCUT2D eigenvalue weighted by atomic mass is 35.5. The molecular formula is C9H15ClN2S. The molecular weight excluding hydrogens is 204 g/mol. The summed E-state index contributed by atoms with van der Waals surface area (Å²) < 4.78 is 0. The van der Waals surface area contributed by atoms with Crippen molar-refractivity contribution in [2.45, 2.75) is 13.5 Å². The van der Waals surface area contributed by atoms with Gasteiger partial charge in [-0.15, -0.1) is 11.3 Å². The van der Waals surface area contributed by atoms with Crippen LogP contribution in [0.4, 0.5) is 0 Å². The summed E-state index contributed by atoms with van der Waals surface area (Å²) >= 11 is 7.63. The van der Waals surface area contributed by atoms with Crippen molar-refractivity contribution in [1.29, 1.82) is 0 Å². The fraction of sp³-hybridized carbons (Fsp3) is 0.556. The molecule has 0 aliphatic carbocycles. The first-order chi connectivity index (χ1) is 6.34. The Morgan fingerprint density at radius 1 is 1.38 bits per heavy atom. The van der Waals surface area contributed by atoms with Crippen molar-refractivity contribution in [3.05, 3.63) is 21.3 Å². The van der Waals surface area contributed by atoms with E-state index in [1.54, 1.807) is 11.3 Å². The number of hydrogen-bond acceptors (Lipinski definition) is 3. The zero-order valence-electron chi connectivity index (χ0n) is 7.77. The Morgan fingerprint density at radius 2 is 2.15 bits per heavy atom. The highest BCUT2D eigenvalue weighted by molar-refractivity contribution is 7.10. The van der Waals surface area contributed by atoms with Gasteiger partial charge < -0.3 is 10.6 Å². The van der Waals surface area contributed by atoms with Gasteiger partial charge in [0.2, 0.25) is 0 Å². The van der Waals surface area contributed by atoms with Gasteiger partial charge in [0.25, 0.3) is 0 Å². The monoisotopic (exact) mass is 218 g/mol. The summed E-state index contributed by atoms with van der Waals surface area (Å²) in [6.07, 6.45) is 0. The van der Waals surface area contributed by atoms with Gasteiger partial charge in [-0.1, -0.05) is 18.5 Å². The quantitative estimate of drug-likeness (QED) is 0.715. The second-order valence-corrected chi connectivity index (χ2v) is 4.13. The Hall–Kier alpha value is -0.0900. The van der Waals surface area contributed by atoms with Gasteiger partial charge in [0.05, 0.1) is 5.02 Å². The van der Waals surface area contributed by atoms with Crippen molar-refractivity contribution in [2.24, 2.45) is 0 Å². The van der Waals surface area contributed by atoms with Crippen LogP contribution in [0.3, 0.4) is 0 Å². The second kappa shape index (κ2) is 6.38. The maximum absolute atomic E-state index is 5.93. The van der Waals surface area contributed by atoms with E-state index in [0.717, 1.165) is 31.2 Å². The lowest BCUT2D eigenvalue weighted by molar-refractivity contribution is 0.628. The predicted molar refractivity (Wildman–Crippen MR) is 59.6 cm³/mol. The molecule has 0 aliphatic rings. The minimum atomic E-state index is 0.876. The number of thiophene rings is 1. The van der Waals surface area contributed by atoms with Gasteiger partial charge in [0.15, 0.2) is 0 Å². The molecule has 0 saturated carbocycles. The molecule has 1 rings (SSSR count). The van der Waals surface area contributed by atoms with Crippen molar-refractivity contribution in [1.82, 2.24) is 10.6 Å². The smallest absolute Gasteiger partial charge is 0.0558 e. The van der Waals surface area contributed by atoms with Crippen molar-refractivity contribution in [3.8, 4) is 0 Å². The van der Waals surface area contributed by atoms with Crippen LogP contribution in [0.1, 0.15) is 11.8 Å². The Bertz CT molecular complexity index is 237. The predicted octanol–water partition coefficient (Wildman–Crippen LogP) is 2.10. The molecule has 2 nitrogen and oxygen atoms in total. The van der Waals surface area contributed by atoms with Gasteiger partial charge in [-0.3, -0.25) is 0 Å². The van der Waals surface area contributed by atoms with E-state index in [0.29, 0.717) is 0 Å². The second-order valence-electron chi connectivity index (χ2n) is 2.72. The van der Waals surface area contributed by atoms with Crippen LogP contribution in [0.5, 0.6) is 0 Å². The lowest BCUT2D eigenvalue weighted by Gasteiger charge is -2.03. The first kappa shape index (κ1) is 11.0. The molecule has 1 heterocycles. The molecule has 0 bridgehead atoms. The SMILES string of the molecule is CCNCCNCc1sccc1Cl. The van der Waals surface area contributed by atoms with E-state index in [1.807, 2.05) is 11.4 Å². The van der Waals surface area contributed by atoms with Crippen molar-refractivity contribution >= 4 is 22.9 Å². The summed E-state index contributed by atoms with van der Waals surface area (Å²) in [6, 6.07) is 1.94. The van der Waals surface area contributed by atoms with Crippen molar-refractivity contribution in [3.63, 3.8) is 0 Å². The van der Waals surface area contributed by atoms with Crippen LogP contribution in [0.25, 0.3) is 0 Å². The molecule has 0 saturated heterocycles. The molecule has 1 aromatic rings. The van der Waals surface area contributed by atoms with Crippen molar-refractivity contribution < 1.29 is 0 Å². The maximum Gasteiger partial charge on any atom is 0.0558 e. The summed E-state index contributed by atoms with van der Waals surface area (Å²) in [7, 11) is 0. The fourth-order valence-corrected chi connectivity index (χ4v) is 2.08. The van der Waals surface area contributed by atoms with Crippen LogP contribution in [0.2, 0.25) is 5.02 Å². The fourth-order valence-electron chi connectivity index (χ4n) is 1.01. The van der Waals surface area contributed by atoms with Crippen LogP contribution in [0, 0.1) is 0 Å². The average molecular weight is 219 g/mol. The summed E-state index contributed by atoms with van der Waals surface area (Å²) in [4.78, 5) is 1.22. The standard InChI is InChI=1S/C9H15ClN2S/c1-2-11-4-5-12-7-9-8(10)3-6-13-9/h3,6,11-12H,2,4-5,7H2,1H3. The largest absolute Gasteiger partial charge is 0.316 e. The van der Waals surface area contributed by atoms with Crippen LogP contribution in [0.15, 0.2) is 11.4 Å². The maximum atomic E-state index is 5.93. The number of rotatable bonds is 6. The highest BCUT2D eigenvalue weighted by Crippen LogP contribution is 2.21. The molecule has 13 heavy (non-hydrogen) atoms. The van der Waals surface area contributed by atoms with E-state index >= 15 is 0 Å². The average Bonchev–Trinajstić information content (AvgIpc) is 2.52. The minimum absolute atomic E-state index is 0.876. The Balaban J connectivity index is 2.10. The van der Waals surface area contributed by atoms with E-state index in [2.05, 4.69) is 17.6 Å². The molecule has 2 N–H and O–H groups in total. The van der Waals surface area contributed by atoms with Gasteiger partial charge in [0, 0.05) is 24.5 Å². The Morgan fingerprint density at radius 3 is 2.77 bits per heavy atom. The van der Waals surface area contributed by atoms with Crippen LogP contribution in [-0.2, 0) is 6.54 Å². The number of hydrogen-bond donors (Lipinski definition) is 2. The first-order valence-electron chi connectivity index (χ1n) is 4.48. The van der Waals surface area contributed by atoms with E-state index in [-0.39, 0.29) is 0 Å². The topological polar surface area (TPSA) is 24.1 Å². The normalized spacial score (nSPS) is 10.6. The molecule has 0 aliphatic heterocycles. The summed E-state index contributed by atoms with van der Waals surface area (Å²) in [5.41, 5.74) is 0. The molecule has 0 unspecified atom stereocenters. The van der Waals surface area contributed by atoms with Gasteiger partial charge in [0.1, 0.15) is 0 Å². The number of nitrogens with one attached hydrogen (secondary N) is 2. The molecule has 0 amide bonds. The lowest BCUT2D eigenvalue weighted by Crippen LogP contribution is -2.26. The van der Waals surface area contributed by atoms with Crippen molar-refractivity contribution in [2.75, 3.05) is 19.6 Å². The van der Waals surface area contributed by atoms with Gasteiger partial charge >= 0.3 is 0 Å². The minimum Gasteiger partial charge on any atom is -0.316 e. The summed E-state index contributed by atoms with van der Waals surface area (Å²) in [5, 5.41) is 9.47. The third-order valence-corrected chi connectivity index (χ3v) is 3.09. The van der Waals surface area contributed by atoms with Crippen LogP contribution >= 0.6 is 22.9 Å². The molecule has 0 radical (unpaired) electrons. The molecule has 0 atom stereocenters. The van der Waals surface area contributed by atoms with E-state index in [9.17, 15) is 0 Å². The summed E-state index contributed by atoms with van der Waals surface area (Å²) in [6.45, 7) is 6.01. The third kappa shape index (κ3) is 4.09. The van der Waals surface area contributed by atoms with E-state index in [1.165, 1.54) is 4.88 Å². The van der Waals surface area contributed by atoms with E-state index in [4.69, 9.17) is 11.6 Å². The molecule has 0 aromatic carbocycles. The number of likely N-dealkylation sites (N-methyl/N-ethyl adjacent to an activating group) is 1. The van der Waals surface area contributed by atoms with Gasteiger partial charge in [-0.2, -0.15) is 0 Å². The number of halogens is 1. The summed E-state index contributed by atoms with van der Waals surface area (Å²) in [5.74, 6) is 0. The Labute approximate surface area is 88.3 Å². The van der Waals surface area contributed by atoms with Crippen LogP contribution in [-0.4, -0.2) is 19.6 Å². The molecule has 1 aromatic heterocycles. The molecule has 4 heteroatoms. The van der Waals surface area contributed by atoms with Gasteiger partial charge in [-0.25, -0.2) is 0 Å². The molecule has 0 fully saturated rings. The molecule has 74 valence electrons. The van der Waals surface area contributed by atoms with Crippen LogP contribution < -0.4 is 10.6 Å². The first-order valence-corrected chi connectivity index (χ1v) is 5.73. The van der Waals surface area contributed by atoms with Gasteiger partial charge in [-0.05, 0) is 18.0 Å². The highest BCUT2D eigenvalue weighted by Gasteiger charge is 1.99. The molecule has 0 spiro atoms. The lowest BCUT2D eigenvalue weighted by atomic mass is 10.4. The zero-order chi connectivity index (χ0) is 9.52. The zero-order valence-corrected chi connectivity index (χ0v) is 9.34. The third-order valence-electron chi connectivity index (χ3n) is 1.71. The Kier molecular flexibility index (Phi) is 5.39. The van der Waals surface area contributed by atoms with E-state index < -0.39 is 0 Å².